The van der Waals surface area contributed by atoms with Crippen molar-refractivity contribution in [2.45, 2.75) is 13.3 Å². The van der Waals surface area contributed by atoms with Crippen molar-refractivity contribution in [2.75, 3.05) is 11.5 Å². The first-order valence-electron chi connectivity index (χ1n) is 8.25. The van der Waals surface area contributed by atoms with Crippen LogP contribution in [0, 0.1) is 10.1 Å². The van der Waals surface area contributed by atoms with Crippen LogP contribution in [0.15, 0.2) is 53.4 Å². The SMILES string of the molecule is CCCOc1ccc(/C=C2/SC(=S)N(c3ccc([N+](=O)[O-])cc3)C2=O)cc1. The molecule has 138 valence electrons. The average Bonchev–Trinajstić information content (AvgIpc) is 2.94. The molecule has 0 spiro atoms. The van der Waals surface area contributed by atoms with Gasteiger partial charge in [0.1, 0.15) is 5.75 Å². The molecule has 1 heterocycles. The van der Waals surface area contributed by atoms with Crippen LogP contribution in [0.2, 0.25) is 0 Å². The maximum Gasteiger partial charge on any atom is 0.270 e. The number of non-ortho nitro benzene ring substituents is 1. The molecule has 0 unspecified atom stereocenters. The van der Waals surface area contributed by atoms with Crippen molar-refractivity contribution in [1.29, 1.82) is 0 Å². The van der Waals surface area contributed by atoms with Gasteiger partial charge in [0.05, 0.1) is 22.1 Å². The minimum Gasteiger partial charge on any atom is -0.494 e. The quantitative estimate of drug-likeness (QED) is 0.300. The lowest BCUT2D eigenvalue weighted by molar-refractivity contribution is -0.384. The second-order valence-electron chi connectivity index (χ2n) is 5.71. The summed E-state index contributed by atoms with van der Waals surface area (Å²) in [7, 11) is 0. The fourth-order valence-corrected chi connectivity index (χ4v) is 3.74. The van der Waals surface area contributed by atoms with Gasteiger partial charge >= 0.3 is 0 Å². The molecule has 0 aromatic heterocycles. The number of benzene rings is 2. The second kappa shape index (κ2) is 8.32. The summed E-state index contributed by atoms with van der Waals surface area (Å²) in [5, 5.41) is 10.8. The highest BCUT2D eigenvalue weighted by Gasteiger charge is 2.33. The zero-order chi connectivity index (χ0) is 19.4. The van der Waals surface area contributed by atoms with E-state index in [-0.39, 0.29) is 11.6 Å². The van der Waals surface area contributed by atoms with Crippen LogP contribution in [-0.2, 0) is 4.79 Å². The first kappa shape index (κ1) is 19.1. The van der Waals surface area contributed by atoms with Gasteiger partial charge in [-0.2, -0.15) is 0 Å². The summed E-state index contributed by atoms with van der Waals surface area (Å²) in [4.78, 5) is 24.9. The summed E-state index contributed by atoms with van der Waals surface area (Å²) >= 11 is 6.52. The molecule has 0 radical (unpaired) electrons. The molecule has 1 aliphatic rings. The summed E-state index contributed by atoms with van der Waals surface area (Å²) in [6.07, 6.45) is 2.71. The highest BCUT2D eigenvalue weighted by Crippen LogP contribution is 2.36. The molecular formula is C19H16N2O4S2. The smallest absolute Gasteiger partial charge is 0.270 e. The zero-order valence-electron chi connectivity index (χ0n) is 14.5. The monoisotopic (exact) mass is 400 g/mol. The molecule has 2 aromatic rings. The van der Waals surface area contributed by atoms with E-state index >= 15 is 0 Å². The van der Waals surface area contributed by atoms with Gasteiger partial charge < -0.3 is 4.74 Å². The van der Waals surface area contributed by atoms with Gasteiger partial charge in [-0.1, -0.05) is 43.0 Å². The Morgan fingerprint density at radius 2 is 1.85 bits per heavy atom. The molecule has 2 aromatic carbocycles. The topological polar surface area (TPSA) is 72.7 Å². The molecule has 1 amide bonds. The van der Waals surface area contributed by atoms with Crippen LogP contribution in [-0.4, -0.2) is 21.8 Å². The van der Waals surface area contributed by atoms with E-state index in [1.807, 2.05) is 31.2 Å². The summed E-state index contributed by atoms with van der Waals surface area (Å²) in [6.45, 7) is 2.70. The first-order chi connectivity index (χ1) is 13.0. The Hall–Kier alpha value is -2.71. The van der Waals surface area contributed by atoms with Gasteiger partial charge in [-0.25, -0.2) is 0 Å². The Labute approximate surface area is 166 Å². The fraction of sp³-hybridized carbons (Fsp3) is 0.158. The van der Waals surface area contributed by atoms with E-state index in [4.69, 9.17) is 17.0 Å². The van der Waals surface area contributed by atoms with Crippen molar-refractivity contribution in [2.24, 2.45) is 0 Å². The van der Waals surface area contributed by atoms with Crippen LogP contribution in [0.1, 0.15) is 18.9 Å². The zero-order valence-corrected chi connectivity index (χ0v) is 16.1. The predicted octanol–water partition coefficient (Wildman–Crippen LogP) is 4.79. The number of carbonyl (C=O) groups is 1. The van der Waals surface area contributed by atoms with Gasteiger partial charge in [-0.05, 0) is 42.3 Å². The van der Waals surface area contributed by atoms with Gasteiger partial charge in [-0.3, -0.25) is 19.8 Å². The van der Waals surface area contributed by atoms with Crippen molar-refractivity contribution in [1.82, 2.24) is 0 Å². The van der Waals surface area contributed by atoms with Crippen LogP contribution in [0.25, 0.3) is 6.08 Å². The van der Waals surface area contributed by atoms with Crippen molar-refractivity contribution in [3.05, 3.63) is 69.1 Å². The third-order valence-electron chi connectivity index (χ3n) is 3.76. The van der Waals surface area contributed by atoms with E-state index in [9.17, 15) is 14.9 Å². The number of nitro benzene ring substituents is 1. The number of thiocarbonyl (C=S) groups is 1. The number of hydrogen-bond donors (Lipinski definition) is 0. The summed E-state index contributed by atoms with van der Waals surface area (Å²) < 4.78 is 5.94. The number of hydrogen-bond acceptors (Lipinski definition) is 6. The van der Waals surface area contributed by atoms with E-state index in [0.717, 1.165) is 17.7 Å². The molecular weight excluding hydrogens is 384 g/mol. The summed E-state index contributed by atoms with van der Waals surface area (Å²) in [6, 6.07) is 13.2. The maximum absolute atomic E-state index is 12.7. The molecule has 1 fully saturated rings. The van der Waals surface area contributed by atoms with Crippen molar-refractivity contribution in [3.63, 3.8) is 0 Å². The highest BCUT2D eigenvalue weighted by molar-refractivity contribution is 8.27. The third-order valence-corrected chi connectivity index (χ3v) is 5.07. The minimum absolute atomic E-state index is 0.0369. The second-order valence-corrected chi connectivity index (χ2v) is 7.38. The lowest BCUT2D eigenvalue weighted by atomic mass is 10.2. The van der Waals surface area contributed by atoms with Gasteiger partial charge in [0.2, 0.25) is 0 Å². The number of amides is 1. The van der Waals surface area contributed by atoms with Gasteiger partial charge in [0, 0.05) is 12.1 Å². The standard InChI is InChI=1S/C19H16N2O4S2/c1-2-11-25-16-9-3-13(4-10-16)12-17-18(22)20(19(26)27-17)14-5-7-15(8-6-14)21(23)24/h3-10,12H,2,11H2,1H3/b17-12+. The van der Waals surface area contributed by atoms with Crippen LogP contribution in [0.4, 0.5) is 11.4 Å². The number of nitrogens with zero attached hydrogens (tertiary/aromatic N) is 2. The van der Waals surface area contributed by atoms with Crippen LogP contribution in [0.5, 0.6) is 5.75 Å². The third kappa shape index (κ3) is 4.35. The van der Waals surface area contributed by atoms with E-state index in [1.54, 1.807) is 6.08 Å². The fourth-order valence-electron chi connectivity index (χ4n) is 2.45. The molecule has 1 saturated heterocycles. The van der Waals surface area contributed by atoms with Crippen LogP contribution >= 0.6 is 24.0 Å². The molecule has 0 saturated carbocycles. The summed E-state index contributed by atoms with van der Waals surface area (Å²) in [5.74, 6) is 0.539. The molecule has 3 rings (SSSR count). The van der Waals surface area contributed by atoms with Gasteiger partial charge in [-0.15, -0.1) is 0 Å². The van der Waals surface area contributed by atoms with Crippen molar-refractivity contribution >= 4 is 51.7 Å². The number of rotatable bonds is 6. The highest BCUT2D eigenvalue weighted by atomic mass is 32.2. The van der Waals surface area contributed by atoms with Crippen molar-refractivity contribution < 1.29 is 14.5 Å². The molecule has 1 aliphatic heterocycles. The largest absolute Gasteiger partial charge is 0.494 e. The molecule has 8 heteroatoms. The average molecular weight is 400 g/mol. The molecule has 0 aliphatic carbocycles. The molecule has 6 nitrogen and oxygen atoms in total. The van der Waals surface area contributed by atoms with Crippen molar-refractivity contribution in [3.8, 4) is 5.75 Å². The Morgan fingerprint density at radius 3 is 2.44 bits per heavy atom. The van der Waals surface area contributed by atoms with Crippen LogP contribution < -0.4 is 9.64 Å². The normalized spacial score (nSPS) is 15.4. The molecule has 0 atom stereocenters. The Morgan fingerprint density at radius 1 is 1.19 bits per heavy atom. The minimum atomic E-state index is -0.484. The molecule has 0 bridgehead atoms. The first-order valence-corrected chi connectivity index (χ1v) is 9.47. The summed E-state index contributed by atoms with van der Waals surface area (Å²) in [5.41, 5.74) is 1.34. The Bertz CT molecular complexity index is 908. The van der Waals surface area contributed by atoms with Gasteiger partial charge in [0.15, 0.2) is 4.32 Å². The maximum atomic E-state index is 12.7. The van der Waals surface area contributed by atoms with E-state index in [2.05, 4.69) is 0 Å². The number of ether oxygens (including phenoxy) is 1. The lowest BCUT2D eigenvalue weighted by Gasteiger charge is -2.13. The van der Waals surface area contributed by atoms with E-state index < -0.39 is 4.92 Å². The Kier molecular flexibility index (Phi) is 5.88. The predicted molar refractivity (Wildman–Crippen MR) is 111 cm³/mol. The lowest BCUT2D eigenvalue weighted by Crippen LogP contribution is -2.27. The number of carbonyl (C=O) groups excluding carboxylic acids is 1. The number of anilines is 1. The van der Waals surface area contributed by atoms with Crippen LogP contribution in [0.3, 0.4) is 0 Å². The van der Waals surface area contributed by atoms with E-state index in [0.29, 0.717) is 21.5 Å². The number of thioether (sulfide) groups is 1. The van der Waals surface area contributed by atoms with E-state index in [1.165, 1.54) is 40.9 Å². The van der Waals surface area contributed by atoms with Gasteiger partial charge in [0.25, 0.3) is 11.6 Å². The Balaban J connectivity index is 1.78. The molecule has 0 N–H and O–H groups in total. The molecule has 27 heavy (non-hydrogen) atoms. The number of nitro groups is 1.